The molecule has 3 N–H and O–H groups in total. The van der Waals surface area contributed by atoms with E-state index < -0.39 is 43.1 Å². The van der Waals surface area contributed by atoms with Crippen LogP contribution in [0.2, 0.25) is 25.7 Å². The number of nitrogens with two attached hydrogens (primary N) is 1. The first-order chi connectivity index (χ1) is 27.8. The van der Waals surface area contributed by atoms with Crippen molar-refractivity contribution in [3.8, 4) is 16.9 Å². The quantitative estimate of drug-likeness (QED) is 0.0273. The van der Waals surface area contributed by atoms with E-state index >= 15 is 0 Å². The molecule has 0 aliphatic rings. The van der Waals surface area contributed by atoms with Crippen LogP contribution in [0, 0.1) is 10.1 Å². The van der Waals surface area contributed by atoms with Crippen LogP contribution in [-0.4, -0.2) is 49.7 Å². The van der Waals surface area contributed by atoms with Gasteiger partial charge >= 0.3 is 18.0 Å². The highest BCUT2D eigenvalue weighted by molar-refractivity contribution is 6.76. The SMILES string of the molecule is C[Si](C)(C)CCOC(=O)[C@H](Cc1cc(-c2ccc([N+](=O)[O-])c(C[C@H](N)C(=O)OCc3ccccc3)c2)ccc1OCc1ccccc1)NC(=O)OCc1ccccc1. The van der Waals surface area contributed by atoms with Crippen molar-refractivity contribution in [3.63, 3.8) is 0 Å². The normalized spacial score (nSPS) is 12.1. The molecule has 0 unspecified atom stereocenters. The molecule has 0 aliphatic heterocycles. The topological polar surface area (TPSA) is 169 Å². The minimum absolute atomic E-state index is 0.00185. The van der Waals surface area contributed by atoms with Crippen molar-refractivity contribution in [2.75, 3.05) is 6.61 Å². The fourth-order valence-electron chi connectivity index (χ4n) is 5.94. The summed E-state index contributed by atoms with van der Waals surface area (Å²) in [4.78, 5) is 51.3. The number of rotatable bonds is 19. The number of nitrogens with one attached hydrogen (secondary N) is 1. The molecule has 58 heavy (non-hydrogen) atoms. The molecule has 5 aromatic carbocycles. The highest BCUT2D eigenvalue weighted by Gasteiger charge is 2.27. The van der Waals surface area contributed by atoms with Crippen LogP contribution in [0.1, 0.15) is 27.8 Å². The van der Waals surface area contributed by atoms with Gasteiger partial charge < -0.3 is 30.0 Å². The Bertz CT molecular complexity index is 2150. The van der Waals surface area contributed by atoms with Crippen LogP contribution in [0.5, 0.6) is 5.75 Å². The smallest absolute Gasteiger partial charge is 0.408 e. The molecule has 0 saturated carbocycles. The van der Waals surface area contributed by atoms with E-state index in [1.165, 1.54) is 6.07 Å². The van der Waals surface area contributed by atoms with Gasteiger partial charge in [-0.25, -0.2) is 9.59 Å². The standard InChI is InChI=1S/C45H49N3O9Si/c1-58(2,3)24-23-54-44(50)40(47-45(51)57-31-34-17-11-6-12-18-34)28-38-26-36(20-22-42(38)55-29-32-13-7-4-8-14-32)35-19-21-41(48(52)53)37(25-35)27-39(46)43(49)56-30-33-15-9-5-10-16-33/h4-22,25-26,39-40H,23-24,27-31,46H2,1-3H3,(H,47,51)/t39-,40-/m0/s1. The predicted molar refractivity (Wildman–Crippen MR) is 224 cm³/mol. The number of esters is 2. The molecule has 1 amide bonds. The van der Waals surface area contributed by atoms with Crippen LogP contribution in [0.4, 0.5) is 10.5 Å². The van der Waals surface area contributed by atoms with Crippen molar-refractivity contribution in [1.82, 2.24) is 5.32 Å². The molecule has 12 nitrogen and oxygen atoms in total. The van der Waals surface area contributed by atoms with Crippen molar-refractivity contribution < 1.29 is 38.3 Å². The van der Waals surface area contributed by atoms with Gasteiger partial charge in [-0.15, -0.1) is 0 Å². The summed E-state index contributed by atoms with van der Waals surface area (Å²) in [5, 5.41) is 14.8. The third-order valence-electron chi connectivity index (χ3n) is 9.18. The number of carbonyl (C=O) groups is 3. The summed E-state index contributed by atoms with van der Waals surface area (Å²) in [6, 6.07) is 36.2. The highest BCUT2D eigenvalue weighted by Crippen LogP contribution is 2.32. The maximum Gasteiger partial charge on any atom is 0.408 e. The second-order valence-corrected chi connectivity index (χ2v) is 20.7. The number of amides is 1. The Morgan fingerprint density at radius 2 is 1.21 bits per heavy atom. The zero-order chi connectivity index (χ0) is 41.5. The van der Waals surface area contributed by atoms with Gasteiger partial charge in [0.25, 0.3) is 5.69 Å². The number of nitro benzene ring substituents is 1. The predicted octanol–water partition coefficient (Wildman–Crippen LogP) is 8.17. The number of hydrogen-bond donors (Lipinski definition) is 2. The molecule has 13 heteroatoms. The molecule has 0 saturated heterocycles. The Morgan fingerprint density at radius 3 is 1.78 bits per heavy atom. The zero-order valence-corrected chi connectivity index (χ0v) is 33.9. The van der Waals surface area contributed by atoms with E-state index in [-0.39, 0.29) is 50.5 Å². The van der Waals surface area contributed by atoms with Gasteiger partial charge in [0.05, 0.1) is 11.5 Å². The van der Waals surface area contributed by atoms with Gasteiger partial charge in [0.2, 0.25) is 0 Å². The summed E-state index contributed by atoms with van der Waals surface area (Å²) in [6.45, 7) is 6.98. The van der Waals surface area contributed by atoms with Crippen LogP contribution in [-0.2, 0) is 56.5 Å². The van der Waals surface area contributed by atoms with Gasteiger partial charge in [0.15, 0.2) is 0 Å². The summed E-state index contributed by atoms with van der Waals surface area (Å²) < 4.78 is 22.9. The molecule has 302 valence electrons. The van der Waals surface area contributed by atoms with Crippen molar-refractivity contribution in [1.29, 1.82) is 0 Å². The average Bonchev–Trinajstić information content (AvgIpc) is 3.21. The Labute approximate surface area is 339 Å². The number of alkyl carbamates (subject to hydrolysis) is 1. The van der Waals surface area contributed by atoms with E-state index in [0.717, 1.165) is 22.7 Å². The van der Waals surface area contributed by atoms with Gasteiger partial charge in [-0.05, 0) is 63.7 Å². The van der Waals surface area contributed by atoms with Gasteiger partial charge in [0.1, 0.15) is 37.7 Å². The lowest BCUT2D eigenvalue weighted by molar-refractivity contribution is -0.385. The van der Waals surface area contributed by atoms with Crippen LogP contribution in [0.15, 0.2) is 127 Å². The summed E-state index contributed by atoms with van der Waals surface area (Å²) >= 11 is 0. The maximum absolute atomic E-state index is 13.7. The fourth-order valence-corrected chi connectivity index (χ4v) is 6.65. The number of benzene rings is 5. The number of nitrogens with zero attached hydrogens (tertiary/aromatic N) is 1. The third-order valence-corrected chi connectivity index (χ3v) is 10.9. The van der Waals surface area contributed by atoms with Crippen molar-refractivity contribution in [2.45, 2.75) is 70.4 Å². The molecule has 0 aliphatic carbocycles. The van der Waals surface area contributed by atoms with E-state index in [0.29, 0.717) is 22.4 Å². The van der Waals surface area contributed by atoms with E-state index in [9.17, 15) is 24.5 Å². The summed E-state index contributed by atoms with van der Waals surface area (Å²) in [6.07, 6.45) is -0.969. The average molecular weight is 804 g/mol. The van der Waals surface area contributed by atoms with Crippen molar-refractivity contribution in [2.24, 2.45) is 5.73 Å². The molecule has 0 fully saturated rings. The molecule has 0 aromatic heterocycles. The largest absolute Gasteiger partial charge is 0.489 e. The monoisotopic (exact) mass is 803 g/mol. The number of nitro groups is 1. The molecular weight excluding hydrogens is 755 g/mol. The lowest BCUT2D eigenvalue weighted by atomic mass is 9.95. The Balaban J connectivity index is 1.43. The van der Waals surface area contributed by atoms with Crippen LogP contribution in [0.3, 0.4) is 0 Å². The molecule has 0 bridgehead atoms. The Hall–Kier alpha value is -6.31. The second kappa shape index (κ2) is 20.7. The first-order valence-corrected chi connectivity index (χ1v) is 22.7. The molecule has 0 radical (unpaired) electrons. The third kappa shape index (κ3) is 13.4. The Kier molecular flexibility index (Phi) is 15.3. The molecule has 0 heterocycles. The molecule has 5 rings (SSSR count). The van der Waals surface area contributed by atoms with Crippen molar-refractivity contribution in [3.05, 3.63) is 165 Å². The minimum atomic E-state index is -1.55. The Morgan fingerprint density at radius 1 is 0.672 bits per heavy atom. The van der Waals surface area contributed by atoms with Crippen LogP contribution >= 0.6 is 0 Å². The lowest BCUT2D eigenvalue weighted by Crippen LogP contribution is -2.44. The molecule has 0 spiro atoms. The van der Waals surface area contributed by atoms with Crippen molar-refractivity contribution >= 4 is 31.8 Å². The summed E-state index contributed by atoms with van der Waals surface area (Å²) in [7, 11) is -1.55. The number of carbonyl (C=O) groups excluding carboxylic acids is 3. The first kappa shape index (κ1) is 42.8. The van der Waals surface area contributed by atoms with E-state index in [4.69, 9.17) is 24.7 Å². The molecular formula is C45H49N3O9Si. The zero-order valence-electron chi connectivity index (χ0n) is 32.9. The molecule has 2 atom stereocenters. The van der Waals surface area contributed by atoms with E-state index in [1.807, 2.05) is 91.0 Å². The number of ether oxygens (including phenoxy) is 4. The first-order valence-electron chi connectivity index (χ1n) is 19.0. The lowest BCUT2D eigenvalue weighted by Gasteiger charge is -2.21. The maximum atomic E-state index is 13.7. The van der Waals surface area contributed by atoms with Gasteiger partial charge in [-0.3, -0.25) is 14.9 Å². The summed E-state index contributed by atoms with van der Waals surface area (Å²) in [5.41, 5.74) is 10.5. The van der Waals surface area contributed by atoms with Crippen LogP contribution < -0.4 is 15.8 Å². The van der Waals surface area contributed by atoms with Gasteiger partial charge in [-0.2, -0.15) is 0 Å². The van der Waals surface area contributed by atoms with Crippen LogP contribution in [0.25, 0.3) is 11.1 Å². The fraction of sp³-hybridized carbons (Fsp3) is 0.267. The summed E-state index contributed by atoms with van der Waals surface area (Å²) in [5.74, 6) is -0.860. The highest BCUT2D eigenvalue weighted by atomic mass is 28.3. The number of hydrogen-bond acceptors (Lipinski definition) is 10. The van der Waals surface area contributed by atoms with E-state index in [1.54, 1.807) is 30.3 Å². The van der Waals surface area contributed by atoms with E-state index in [2.05, 4.69) is 25.0 Å². The second-order valence-electron chi connectivity index (χ2n) is 15.0. The molecule has 5 aromatic rings. The van der Waals surface area contributed by atoms with Gasteiger partial charge in [-0.1, -0.05) is 117 Å². The minimum Gasteiger partial charge on any atom is -0.489 e. The van der Waals surface area contributed by atoms with Gasteiger partial charge in [0, 0.05) is 32.5 Å².